The van der Waals surface area contributed by atoms with Gasteiger partial charge in [-0.1, -0.05) is 66.2 Å². The molecule has 5 rings (SSSR count). The van der Waals surface area contributed by atoms with Crippen molar-refractivity contribution in [2.24, 2.45) is 0 Å². The number of benzene rings is 3. The Morgan fingerprint density at radius 1 is 0.821 bits per heavy atom. The molecule has 2 aliphatic rings. The minimum atomic E-state index is -1.06. The van der Waals surface area contributed by atoms with E-state index in [9.17, 15) is 9.59 Å². The van der Waals surface area contributed by atoms with Gasteiger partial charge >= 0.3 is 0 Å². The molecule has 0 fully saturated rings. The van der Waals surface area contributed by atoms with Gasteiger partial charge in [-0.25, -0.2) is 0 Å². The molecule has 28 heavy (non-hydrogen) atoms. The van der Waals surface area contributed by atoms with Crippen LogP contribution in [0.4, 0.5) is 5.69 Å². The van der Waals surface area contributed by atoms with Crippen LogP contribution < -0.4 is 4.90 Å². The van der Waals surface area contributed by atoms with Crippen LogP contribution in [0, 0.1) is 0 Å². The quantitative estimate of drug-likeness (QED) is 0.604. The van der Waals surface area contributed by atoms with Gasteiger partial charge in [0.05, 0.1) is 5.69 Å². The summed E-state index contributed by atoms with van der Waals surface area (Å²) in [5, 5.41) is 0.634. The van der Waals surface area contributed by atoms with E-state index in [1.54, 1.807) is 29.2 Å². The van der Waals surface area contributed by atoms with E-state index in [1.165, 1.54) is 0 Å². The normalized spacial score (nSPS) is 20.6. The lowest BCUT2D eigenvalue weighted by Gasteiger charge is -2.41. The van der Waals surface area contributed by atoms with Gasteiger partial charge in [-0.05, 0) is 41.0 Å². The van der Waals surface area contributed by atoms with Gasteiger partial charge < -0.3 is 0 Å². The van der Waals surface area contributed by atoms with Gasteiger partial charge in [-0.3, -0.25) is 14.5 Å². The van der Waals surface area contributed by atoms with Crippen LogP contribution in [0.2, 0.25) is 5.02 Å². The van der Waals surface area contributed by atoms with E-state index in [1.807, 2.05) is 60.7 Å². The maximum absolute atomic E-state index is 13.7. The van der Waals surface area contributed by atoms with E-state index in [-0.39, 0.29) is 11.7 Å². The molecule has 0 saturated carbocycles. The number of halogens is 1. The standard InChI is InChI=1S/C24H16ClNO2/c25-19-12-10-16(11-13-19)17-14-22(27)26-21-9-5-4-8-20(21)23(28)24(26,15-17)18-6-2-1-3-7-18/h1-14H,15H2/t24-/m0/s1. The summed E-state index contributed by atoms with van der Waals surface area (Å²) in [6.07, 6.45) is 2.05. The number of para-hydroxylation sites is 1. The van der Waals surface area contributed by atoms with Gasteiger partial charge in [0.1, 0.15) is 5.54 Å². The smallest absolute Gasteiger partial charge is 0.252 e. The number of anilines is 1. The van der Waals surface area contributed by atoms with Gasteiger partial charge in [0.15, 0.2) is 5.78 Å². The Balaban J connectivity index is 1.74. The molecule has 0 saturated heterocycles. The van der Waals surface area contributed by atoms with Crippen molar-refractivity contribution in [3.05, 3.63) is 107 Å². The minimum absolute atomic E-state index is 0.0396. The Kier molecular flexibility index (Phi) is 3.74. The Morgan fingerprint density at radius 3 is 2.25 bits per heavy atom. The number of Topliss-reactive ketones (excluding diaryl/α,β-unsaturated/α-hetero) is 1. The van der Waals surface area contributed by atoms with Crippen LogP contribution in [0.3, 0.4) is 0 Å². The lowest BCUT2D eigenvalue weighted by atomic mass is 9.76. The number of carbonyl (C=O) groups is 2. The molecular weight excluding hydrogens is 370 g/mol. The molecule has 0 unspecified atom stereocenters. The van der Waals surface area contributed by atoms with E-state index in [4.69, 9.17) is 11.6 Å². The van der Waals surface area contributed by atoms with E-state index >= 15 is 0 Å². The van der Waals surface area contributed by atoms with Gasteiger partial charge in [0.2, 0.25) is 0 Å². The fourth-order valence-corrected chi connectivity index (χ4v) is 4.45. The van der Waals surface area contributed by atoms with Crippen molar-refractivity contribution in [3.63, 3.8) is 0 Å². The SMILES string of the molecule is O=C1C=C(c2ccc(Cl)cc2)C[C@]2(c3ccccc3)C(=O)c3ccccc3N12. The van der Waals surface area contributed by atoms with E-state index in [0.717, 1.165) is 16.7 Å². The lowest BCUT2D eigenvalue weighted by Crippen LogP contribution is -2.52. The second-order valence-electron chi connectivity index (χ2n) is 7.10. The highest BCUT2D eigenvalue weighted by atomic mass is 35.5. The average Bonchev–Trinajstić information content (AvgIpc) is 2.99. The third-order valence-corrected chi connectivity index (χ3v) is 5.83. The number of carbonyl (C=O) groups excluding carboxylic acids is 2. The number of rotatable bonds is 2. The van der Waals surface area contributed by atoms with Gasteiger partial charge in [-0.2, -0.15) is 0 Å². The zero-order chi connectivity index (χ0) is 19.3. The van der Waals surface area contributed by atoms with Gasteiger partial charge in [0, 0.05) is 23.1 Å². The summed E-state index contributed by atoms with van der Waals surface area (Å²) >= 11 is 6.03. The molecule has 0 aliphatic carbocycles. The maximum atomic E-state index is 13.7. The van der Waals surface area contributed by atoms with Gasteiger partial charge in [0.25, 0.3) is 5.91 Å². The van der Waals surface area contributed by atoms with Crippen LogP contribution in [-0.4, -0.2) is 11.7 Å². The average molecular weight is 386 g/mol. The topological polar surface area (TPSA) is 37.4 Å². The summed E-state index contributed by atoms with van der Waals surface area (Å²) in [6, 6.07) is 24.3. The summed E-state index contributed by atoms with van der Waals surface area (Å²) in [7, 11) is 0. The Morgan fingerprint density at radius 2 is 1.50 bits per heavy atom. The number of hydrogen-bond donors (Lipinski definition) is 0. The molecule has 0 N–H and O–H groups in total. The zero-order valence-corrected chi connectivity index (χ0v) is 15.7. The van der Waals surface area contributed by atoms with Crippen LogP contribution >= 0.6 is 11.6 Å². The number of nitrogens with zero attached hydrogens (tertiary/aromatic N) is 1. The lowest BCUT2D eigenvalue weighted by molar-refractivity contribution is -0.115. The molecule has 136 valence electrons. The first-order valence-corrected chi connectivity index (χ1v) is 9.49. The predicted octanol–water partition coefficient (Wildman–Crippen LogP) is 5.25. The molecule has 0 aromatic heterocycles. The predicted molar refractivity (Wildman–Crippen MR) is 110 cm³/mol. The molecule has 3 aromatic carbocycles. The highest BCUT2D eigenvalue weighted by Gasteiger charge is 2.56. The first-order chi connectivity index (χ1) is 13.6. The molecule has 0 spiro atoms. The van der Waals surface area contributed by atoms with Crippen molar-refractivity contribution >= 4 is 34.6 Å². The van der Waals surface area contributed by atoms with Crippen molar-refractivity contribution < 1.29 is 9.59 Å². The molecule has 2 heterocycles. The first kappa shape index (κ1) is 17.0. The van der Waals surface area contributed by atoms with Crippen LogP contribution in [-0.2, 0) is 10.3 Å². The van der Waals surface area contributed by atoms with Crippen molar-refractivity contribution in [1.82, 2.24) is 0 Å². The van der Waals surface area contributed by atoms with Crippen molar-refractivity contribution in [2.45, 2.75) is 12.0 Å². The Labute approximate surface area is 167 Å². The Bertz CT molecular complexity index is 1130. The second-order valence-corrected chi connectivity index (χ2v) is 7.54. The van der Waals surface area contributed by atoms with E-state index < -0.39 is 5.54 Å². The molecule has 3 aromatic rings. The van der Waals surface area contributed by atoms with Gasteiger partial charge in [-0.15, -0.1) is 0 Å². The highest BCUT2D eigenvalue weighted by Crippen LogP contribution is 2.51. The number of fused-ring (bicyclic) bond motifs is 3. The number of hydrogen-bond acceptors (Lipinski definition) is 2. The monoisotopic (exact) mass is 385 g/mol. The van der Waals surface area contributed by atoms with Crippen molar-refractivity contribution in [1.29, 1.82) is 0 Å². The minimum Gasteiger partial charge on any atom is -0.291 e. The van der Waals surface area contributed by atoms with Crippen LogP contribution in [0.1, 0.15) is 27.9 Å². The second kappa shape index (κ2) is 6.18. The Hall–Kier alpha value is -3.17. The molecule has 2 aliphatic heterocycles. The fraction of sp³-hybridized carbons (Fsp3) is 0.0833. The van der Waals surface area contributed by atoms with Crippen LogP contribution in [0.25, 0.3) is 5.57 Å². The van der Waals surface area contributed by atoms with Crippen LogP contribution in [0.5, 0.6) is 0 Å². The molecule has 1 atom stereocenters. The molecule has 0 radical (unpaired) electrons. The molecule has 4 heteroatoms. The first-order valence-electron chi connectivity index (χ1n) is 9.11. The third kappa shape index (κ3) is 2.30. The van der Waals surface area contributed by atoms with Crippen molar-refractivity contribution in [2.75, 3.05) is 4.90 Å². The summed E-state index contributed by atoms with van der Waals surface area (Å²) in [5.41, 5.74) is 2.76. The summed E-state index contributed by atoms with van der Waals surface area (Å²) in [5.74, 6) is -0.222. The largest absolute Gasteiger partial charge is 0.291 e. The van der Waals surface area contributed by atoms with Crippen molar-refractivity contribution in [3.8, 4) is 0 Å². The van der Waals surface area contributed by atoms with E-state index in [2.05, 4.69) is 0 Å². The third-order valence-electron chi connectivity index (χ3n) is 5.58. The molecular formula is C24H16ClNO2. The summed E-state index contributed by atoms with van der Waals surface area (Å²) < 4.78 is 0. The number of amides is 1. The summed E-state index contributed by atoms with van der Waals surface area (Å²) in [4.78, 5) is 28.6. The van der Waals surface area contributed by atoms with Crippen LogP contribution in [0.15, 0.2) is 84.9 Å². The summed E-state index contributed by atoms with van der Waals surface area (Å²) in [6.45, 7) is 0. The molecule has 3 nitrogen and oxygen atoms in total. The highest BCUT2D eigenvalue weighted by molar-refractivity contribution is 6.30. The molecule has 0 bridgehead atoms. The number of ketones is 1. The maximum Gasteiger partial charge on any atom is 0.252 e. The molecule has 1 amide bonds. The van der Waals surface area contributed by atoms with E-state index in [0.29, 0.717) is 22.7 Å². The zero-order valence-electron chi connectivity index (χ0n) is 14.9. The fourth-order valence-electron chi connectivity index (χ4n) is 4.32.